The number of nitrogens with two attached hydrogens (primary N) is 1. The Balaban J connectivity index is 2.57. The highest BCUT2D eigenvalue weighted by molar-refractivity contribution is 5.96. The van der Waals surface area contributed by atoms with Gasteiger partial charge in [-0.2, -0.15) is 0 Å². The zero-order valence-corrected chi connectivity index (χ0v) is 11.3. The highest BCUT2D eigenvalue weighted by Gasteiger charge is 2.10. The van der Waals surface area contributed by atoms with Crippen LogP contribution in [0, 0.1) is 5.41 Å². The Labute approximate surface area is 108 Å². The first-order valence-corrected chi connectivity index (χ1v) is 6.06. The lowest BCUT2D eigenvalue weighted by atomic mass is 9.92. The van der Waals surface area contributed by atoms with Gasteiger partial charge in [0.05, 0.1) is 0 Å². The van der Waals surface area contributed by atoms with Crippen molar-refractivity contribution in [1.82, 2.24) is 10.3 Å². The second-order valence-electron chi connectivity index (χ2n) is 5.48. The molecule has 5 heteroatoms. The van der Waals surface area contributed by atoms with E-state index in [1.54, 1.807) is 6.20 Å². The molecule has 0 aromatic carbocycles. The Bertz CT molecular complexity index is 410. The molecule has 0 saturated carbocycles. The van der Waals surface area contributed by atoms with E-state index in [9.17, 15) is 0 Å². The molecule has 0 saturated heterocycles. The summed E-state index contributed by atoms with van der Waals surface area (Å²) in [4.78, 5) is 4.12. The lowest BCUT2D eigenvalue weighted by molar-refractivity contribution is 0.318. The molecular formula is C13H22N4O. The Kier molecular flexibility index (Phi) is 5.09. The van der Waals surface area contributed by atoms with Crippen LogP contribution in [0.25, 0.3) is 0 Å². The highest BCUT2D eigenvalue weighted by Crippen LogP contribution is 2.17. The van der Waals surface area contributed by atoms with Crippen LogP contribution in [0.1, 0.15) is 38.4 Å². The number of hydrogen-bond donors (Lipinski definition) is 3. The van der Waals surface area contributed by atoms with Crippen molar-refractivity contribution in [2.24, 2.45) is 16.3 Å². The molecule has 0 amide bonds. The molecule has 1 aromatic heterocycles. The van der Waals surface area contributed by atoms with Gasteiger partial charge in [-0.15, -0.1) is 0 Å². The molecule has 5 nitrogen and oxygen atoms in total. The van der Waals surface area contributed by atoms with E-state index >= 15 is 0 Å². The largest absolute Gasteiger partial charge is 0.409 e. The number of amidine groups is 1. The van der Waals surface area contributed by atoms with Gasteiger partial charge in [0.1, 0.15) is 5.69 Å². The summed E-state index contributed by atoms with van der Waals surface area (Å²) in [6.07, 6.45) is 2.72. The standard InChI is InChI=1S/C13H22N4O/c1-13(2,3)6-8-15-9-10-5-4-7-16-11(10)12(14)17-18/h4-5,7,15,18H,6,8-9H2,1-3H3,(H2,14,17). The van der Waals surface area contributed by atoms with Crippen LogP contribution in [-0.2, 0) is 6.54 Å². The zero-order chi connectivity index (χ0) is 13.6. The van der Waals surface area contributed by atoms with Crippen LogP contribution in [0.15, 0.2) is 23.5 Å². The van der Waals surface area contributed by atoms with E-state index in [1.807, 2.05) is 12.1 Å². The van der Waals surface area contributed by atoms with Gasteiger partial charge in [-0.1, -0.05) is 32.0 Å². The number of rotatable bonds is 5. The molecule has 0 unspecified atom stereocenters. The van der Waals surface area contributed by atoms with Crippen molar-refractivity contribution in [1.29, 1.82) is 0 Å². The predicted octanol–water partition coefficient (Wildman–Crippen LogP) is 1.70. The molecule has 18 heavy (non-hydrogen) atoms. The SMILES string of the molecule is CC(C)(C)CCNCc1cccnc1/C(N)=N/O. The van der Waals surface area contributed by atoms with Crippen molar-refractivity contribution in [2.75, 3.05) is 6.54 Å². The number of pyridine rings is 1. The molecule has 0 aliphatic heterocycles. The van der Waals surface area contributed by atoms with Crippen molar-refractivity contribution < 1.29 is 5.21 Å². The van der Waals surface area contributed by atoms with E-state index in [1.165, 1.54) is 0 Å². The lowest BCUT2D eigenvalue weighted by Gasteiger charge is -2.18. The second-order valence-corrected chi connectivity index (χ2v) is 5.48. The van der Waals surface area contributed by atoms with E-state index in [-0.39, 0.29) is 5.84 Å². The third kappa shape index (κ3) is 4.71. The average Bonchev–Trinajstić information content (AvgIpc) is 2.33. The predicted molar refractivity (Wildman–Crippen MR) is 72.5 cm³/mol. The summed E-state index contributed by atoms with van der Waals surface area (Å²) in [6, 6.07) is 3.76. The fraction of sp³-hybridized carbons (Fsp3) is 0.538. The average molecular weight is 250 g/mol. The van der Waals surface area contributed by atoms with Gasteiger partial charge >= 0.3 is 0 Å². The molecule has 0 radical (unpaired) electrons. The van der Waals surface area contributed by atoms with Gasteiger partial charge in [-0.25, -0.2) is 0 Å². The fourth-order valence-electron chi connectivity index (χ4n) is 1.55. The second kappa shape index (κ2) is 6.35. The Hall–Kier alpha value is -1.62. The summed E-state index contributed by atoms with van der Waals surface area (Å²) in [5.74, 6) is 0.0446. The molecule has 0 fully saturated rings. The normalized spacial score (nSPS) is 12.7. The van der Waals surface area contributed by atoms with Gasteiger partial charge in [0.2, 0.25) is 0 Å². The maximum Gasteiger partial charge on any atom is 0.189 e. The number of hydrogen-bond acceptors (Lipinski definition) is 4. The van der Waals surface area contributed by atoms with Gasteiger partial charge in [0.15, 0.2) is 5.84 Å². The molecule has 0 atom stereocenters. The van der Waals surface area contributed by atoms with E-state index in [2.05, 4.69) is 36.2 Å². The van der Waals surface area contributed by atoms with Crippen molar-refractivity contribution in [3.8, 4) is 0 Å². The van der Waals surface area contributed by atoms with Crippen molar-refractivity contribution >= 4 is 5.84 Å². The molecule has 0 aliphatic carbocycles. The summed E-state index contributed by atoms with van der Waals surface area (Å²) >= 11 is 0. The minimum atomic E-state index is 0.0446. The monoisotopic (exact) mass is 250 g/mol. The number of nitrogens with one attached hydrogen (secondary N) is 1. The molecule has 0 bridgehead atoms. The number of aromatic nitrogens is 1. The van der Waals surface area contributed by atoms with Crippen LogP contribution in [0.3, 0.4) is 0 Å². The maximum absolute atomic E-state index is 8.69. The summed E-state index contributed by atoms with van der Waals surface area (Å²) < 4.78 is 0. The van der Waals surface area contributed by atoms with E-state index in [4.69, 9.17) is 10.9 Å². The van der Waals surface area contributed by atoms with Gasteiger partial charge in [-0.05, 0) is 30.0 Å². The summed E-state index contributed by atoms with van der Waals surface area (Å²) in [5.41, 5.74) is 7.36. The van der Waals surface area contributed by atoms with E-state index < -0.39 is 0 Å². The Morgan fingerprint density at radius 2 is 2.22 bits per heavy atom. The van der Waals surface area contributed by atoms with Crippen LogP contribution in [0.2, 0.25) is 0 Å². The van der Waals surface area contributed by atoms with E-state index in [0.29, 0.717) is 17.7 Å². The Morgan fingerprint density at radius 1 is 1.50 bits per heavy atom. The Morgan fingerprint density at radius 3 is 2.83 bits per heavy atom. The van der Waals surface area contributed by atoms with Crippen molar-refractivity contribution in [3.05, 3.63) is 29.6 Å². The molecule has 0 spiro atoms. The lowest BCUT2D eigenvalue weighted by Crippen LogP contribution is -2.23. The summed E-state index contributed by atoms with van der Waals surface area (Å²) in [7, 11) is 0. The molecular weight excluding hydrogens is 228 g/mol. The fourth-order valence-corrected chi connectivity index (χ4v) is 1.55. The first kappa shape index (κ1) is 14.4. The van der Waals surface area contributed by atoms with Crippen LogP contribution >= 0.6 is 0 Å². The molecule has 1 aromatic rings. The summed E-state index contributed by atoms with van der Waals surface area (Å²) in [5, 5.41) is 15.0. The third-order valence-corrected chi connectivity index (χ3v) is 2.61. The minimum absolute atomic E-state index is 0.0446. The molecule has 100 valence electrons. The topological polar surface area (TPSA) is 83.5 Å². The first-order chi connectivity index (χ1) is 8.44. The highest BCUT2D eigenvalue weighted by atomic mass is 16.4. The van der Waals surface area contributed by atoms with Gasteiger partial charge in [-0.3, -0.25) is 4.98 Å². The quantitative estimate of drug-likeness (QED) is 0.244. The number of nitrogens with zero attached hydrogens (tertiary/aromatic N) is 2. The van der Waals surface area contributed by atoms with Gasteiger partial charge < -0.3 is 16.3 Å². The molecule has 1 rings (SSSR count). The summed E-state index contributed by atoms with van der Waals surface area (Å²) in [6.45, 7) is 8.21. The number of oxime groups is 1. The van der Waals surface area contributed by atoms with Crippen LogP contribution in [0.5, 0.6) is 0 Å². The molecule has 4 N–H and O–H groups in total. The molecule has 1 heterocycles. The first-order valence-electron chi connectivity index (χ1n) is 6.06. The van der Waals surface area contributed by atoms with Crippen LogP contribution in [0.4, 0.5) is 0 Å². The maximum atomic E-state index is 8.69. The van der Waals surface area contributed by atoms with Crippen LogP contribution in [-0.4, -0.2) is 22.6 Å². The van der Waals surface area contributed by atoms with Crippen molar-refractivity contribution in [2.45, 2.75) is 33.7 Å². The van der Waals surface area contributed by atoms with Gasteiger partial charge in [0.25, 0.3) is 0 Å². The third-order valence-electron chi connectivity index (χ3n) is 2.61. The van der Waals surface area contributed by atoms with Gasteiger partial charge in [0, 0.05) is 12.7 Å². The zero-order valence-electron chi connectivity index (χ0n) is 11.3. The smallest absolute Gasteiger partial charge is 0.189 e. The van der Waals surface area contributed by atoms with E-state index in [0.717, 1.165) is 18.5 Å². The van der Waals surface area contributed by atoms with Crippen LogP contribution < -0.4 is 11.1 Å². The van der Waals surface area contributed by atoms with Crippen molar-refractivity contribution in [3.63, 3.8) is 0 Å². The molecule has 0 aliphatic rings. The minimum Gasteiger partial charge on any atom is -0.409 e.